The maximum absolute atomic E-state index is 12.9. The molecular formula is C19H17F3N4OS2. The van der Waals surface area contributed by atoms with E-state index < -0.39 is 22.9 Å². The molecule has 5 nitrogen and oxygen atoms in total. The zero-order valence-corrected chi connectivity index (χ0v) is 16.9. The van der Waals surface area contributed by atoms with Crippen LogP contribution in [0.4, 0.5) is 18.9 Å². The Bertz CT molecular complexity index is 1010. The van der Waals surface area contributed by atoms with E-state index in [4.69, 9.17) is 0 Å². The van der Waals surface area contributed by atoms with Gasteiger partial charge in [0, 0.05) is 11.7 Å². The first-order valence-corrected chi connectivity index (χ1v) is 10.7. The van der Waals surface area contributed by atoms with Crippen molar-refractivity contribution < 1.29 is 18.0 Å². The number of carbonyl (C=O) groups is 1. The molecule has 0 spiro atoms. The number of anilines is 1. The molecule has 0 bridgehead atoms. The van der Waals surface area contributed by atoms with Crippen molar-refractivity contribution in [1.29, 1.82) is 0 Å². The fourth-order valence-electron chi connectivity index (χ4n) is 2.82. The molecule has 1 N–H and O–H groups in total. The molecule has 1 aliphatic carbocycles. The van der Waals surface area contributed by atoms with Crippen LogP contribution in [-0.4, -0.2) is 25.9 Å². The molecule has 0 aliphatic heterocycles. The Kier molecular flexibility index (Phi) is 5.39. The molecule has 3 aromatic rings. The first-order chi connectivity index (χ1) is 13.8. The van der Waals surface area contributed by atoms with E-state index in [-0.39, 0.29) is 5.69 Å². The average molecular weight is 439 g/mol. The van der Waals surface area contributed by atoms with E-state index in [1.54, 1.807) is 18.3 Å². The van der Waals surface area contributed by atoms with Crippen molar-refractivity contribution in [3.05, 3.63) is 47.3 Å². The molecule has 10 heteroatoms. The van der Waals surface area contributed by atoms with Gasteiger partial charge in [0.05, 0.1) is 15.7 Å². The molecule has 1 unspecified atom stereocenters. The summed E-state index contributed by atoms with van der Waals surface area (Å²) in [4.78, 5) is 13.6. The van der Waals surface area contributed by atoms with Gasteiger partial charge in [-0.3, -0.25) is 9.36 Å². The summed E-state index contributed by atoms with van der Waals surface area (Å²) in [6.07, 6.45) is -2.39. The molecule has 1 atom stereocenters. The highest BCUT2D eigenvalue weighted by atomic mass is 32.2. The molecule has 0 radical (unpaired) electrons. The van der Waals surface area contributed by atoms with Gasteiger partial charge in [-0.05, 0) is 49.4 Å². The van der Waals surface area contributed by atoms with Gasteiger partial charge < -0.3 is 5.32 Å². The van der Waals surface area contributed by atoms with Crippen LogP contribution in [0.2, 0.25) is 0 Å². The highest BCUT2D eigenvalue weighted by Gasteiger charge is 2.32. The maximum atomic E-state index is 12.9. The number of amides is 1. The fourth-order valence-corrected chi connectivity index (χ4v) is 4.45. The monoisotopic (exact) mass is 438 g/mol. The molecule has 1 fully saturated rings. The summed E-state index contributed by atoms with van der Waals surface area (Å²) < 4.78 is 40.6. The summed E-state index contributed by atoms with van der Waals surface area (Å²) in [5.41, 5.74) is -0.690. The van der Waals surface area contributed by atoms with Gasteiger partial charge in [0.25, 0.3) is 0 Å². The van der Waals surface area contributed by atoms with Crippen molar-refractivity contribution in [2.45, 2.75) is 42.4 Å². The number of aromatic nitrogens is 3. The lowest BCUT2D eigenvalue weighted by Gasteiger charge is -2.14. The third-order valence-electron chi connectivity index (χ3n) is 4.43. The van der Waals surface area contributed by atoms with Gasteiger partial charge in [-0.15, -0.1) is 21.5 Å². The lowest BCUT2D eigenvalue weighted by atomic mass is 10.2. The normalized spacial score (nSPS) is 15.3. The summed E-state index contributed by atoms with van der Waals surface area (Å²) in [7, 11) is 0. The number of alkyl halides is 3. The summed E-state index contributed by atoms with van der Waals surface area (Å²) in [5, 5.41) is 13.2. The summed E-state index contributed by atoms with van der Waals surface area (Å²) in [5.74, 6) is 0.396. The second-order valence-corrected chi connectivity index (χ2v) is 8.97. The minimum atomic E-state index is -4.46. The Hall–Kier alpha value is -2.33. The van der Waals surface area contributed by atoms with Gasteiger partial charge in [0.2, 0.25) is 5.91 Å². The van der Waals surface area contributed by atoms with Crippen LogP contribution in [0, 0.1) is 0 Å². The maximum Gasteiger partial charge on any atom is 0.416 e. The van der Waals surface area contributed by atoms with E-state index >= 15 is 0 Å². The number of thiophene rings is 1. The van der Waals surface area contributed by atoms with Crippen LogP contribution in [0.3, 0.4) is 0 Å². The molecule has 1 aliphatic rings. The number of carbonyl (C=O) groups excluding carboxylic acids is 1. The van der Waals surface area contributed by atoms with E-state index in [9.17, 15) is 18.0 Å². The van der Waals surface area contributed by atoms with Crippen molar-refractivity contribution >= 4 is 34.7 Å². The molecule has 1 aromatic carbocycles. The molecule has 29 heavy (non-hydrogen) atoms. The molecule has 1 saturated carbocycles. The van der Waals surface area contributed by atoms with Gasteiger partial charge in [-0.25, -0.2) is 0 Å². The zero-order chi connectivity index (χ0) is 20.6. The minimum Gasteiger partial charge on any atom is -0.325 e. The molecular weight excluding hydrogens is 421 g/mol. The van der Waals surface area contributed by atoms with E-state index in [0.717, 1.165) is 35.7 Å². The number of thioether (sulfide) groups is 1. The first kappa shape index (κ1) is 20.0. The van der Waals surface area contributed by atoms with Crippen LogP contribution in [0.1, 0.15) is 31.4 Å². The third kappa shape index (κ3) is 4.48. The van der Waals surface area contributed by atoms with Gasteiger partial charge in [0.15, 0.2) is 11.0 Å². The Labute approximate surface area is 173 Å². The predicted octanol–water partition coefficient (Wildman–Crippen LogP) is 5.48. The topological polar surface area (TPSA) is 59.8 Å². The molecule has 152 valence electrons. The van der Waals surface area contributed by atoms with Crippen LogP contribution in [0.15, 0.2) is 46.9 Å². The van der Waals surface area contributed by atoms with Crippen molar-refractivity contribution in [1.82, 2.24) is 14.8 Å². The molecule has 1 amide bonds. The van der Waals surface area contributed by atoms with E-state index in [1.807, 2.05) is 17.5 Å². The Morgan fingerprint density at radius 3 is 2.72 bits per heavy atom. The number of hydrogen-bond donors (Lipinski definition) is 1. The highest BCUT2D eigenvalue weighted by Crippen LogP contribution is 2.42. The average Bonchev–Trinajstić information content (AvgIpc) is 3.20. The van der Waals surface area contributed by atoms with Crippen LogP contribution in [0.25, 0.3) is 10.7 Å². The number of nitrogens with zero attached hydrogens (tertiary/aromatic N) is 3. The number of halogens is 3. The van der Waals surface area contributed by atoms with Crippen molar-refractivity contribution in [2.24, 2.45) is 0 Å². The number of rotatable bonds is 6. The van der Waals surface area contributed by atoms with E-state index in [1.165, 1.54) is 23.9 Å². The Morgan fingerprint density at radius 2 is 2.07 bits per heavy atom. The van der Waals surface area contributed by atoms with Crippen LogP contribution < -0.4 is 5.32 Å². The van der Waals surface area contributed by atoms with Crippen molar-refractivity contribution in [3.8, 4) is 10.7 Å². The molecule has 2 aromatic heterocycles. The fraction of sp³-hybridized carbons (Fsp3) is 0.316. The third-order valence-corrected chi connectivity index (χ3v) is 6.35. The zero-order valence-electron chi connectivity index (χ0n) is 15.3. The van der Waals surface area contributed by atoms with Crippen LogP contribution >= 0.6 is 23.1 Å². The standard InChI is InChI=1S/C19H17F3N4OS2/c1-11(17(27)23-13-5-2-4-12(10-13)19(20,21)22)29-18-25-24-16(15-6-3-9-28-15)26(18)14-7-8-14/h2-6,9-11,14H,7-8H2,1H3,(H,23,27). The van der Waals surface area contributed by atoms with Crippen LogP contribution in [0.5, 0.6) is 0 Å². The molecule has 0 saturated heterocycles. The quantitative estimate of drug-likeness (QED) is 0.518. The van der Waals surface area contributed by atoms with Crippen LogP contribution in [-0.2, 0) is 11.0 Å². The number of hydrogen-bond acceptors (Lipinski definition) is 5. The number of nitrogens with one attached hydrogen (secondary N) is 1. The van der Waals surface area contributed by atoms with Gasteiger partial charge >= 0.3 is 6.18 Å². The molecule has 4 rings (SSSR count). The van der Waals surface area contributed by atoms with E-state index in [2.05, 4.69) is 20.1 Å². The van der Waals surface area contributed by atoms with Crippen molar-refractivity contribution in [3.63, 3.8) is 0 Å². The first-order valence-electron chi connectivity index (χ1n) is 8.96. The van der Waals surface area contributed by atoms with Gasteiger partial charge in [-0.2, -0.15) is 13.2 Å². The SMILES string of the molecule is CC(Sc1nnc(-c2cccs2)n1C1CC1)C(=O)Nc1cccc(C(F)(F)F)c1. The van der Waals surface area contributed by atoms with Crippen molar-refractivity contribution in [2.75, 3.05) is 5.32 Å². The largest absolute Gasteiger partial charge is 0.416 e. The second-order valence-electron chi connectivity index (χ2n) is 6.71. The lowest BCUT2D eigenvalue weighted by molar-refractivity contribution is -0.137. The van der Waals surface area contributed by atoms with E-state index in [0.29, 0.717) is 11.2 Å². The predicted molar refractivity (Wildman–Crippen MR) is 107 cm³/mol. The lowest BCUT2D eigenvalue weighted by Crippen LogP contribution is -2.23. The summed E-state index contributed by atoms with van der Waals surface area (Å²) in [6.45, 7) is 1.70. The minimum absolute atomic E-state index is 0.111. The van der Waals surface area contributed by atoms with Gasteiger partial charge in [0.1, 0.15) is 0 Å². The Morgan fingerprint density at radius 1 is 1.28 bits per heavy atom. The summed E-state index contributed by atoms with van der Waals surface area (Å²) in [6, 6.07) is 8.85. The second kappa shape index (κ2) is 7.83. The smallest absolute Gasteiger partial charge is 0.325 e. The number of benzene rings is 1. The Balaban J connectivity index is 1.49. The summed E-state index contributed by atoms with van der Waals surface area (Å²) >= 11 is 2.83. The highest BCUT2D eigenvalue weighted by molar-refractivity contribution is 8.00. The molecule has 2 heterocycles. The van der Waals surface area contributed by atoms with Gasteiger partial charge in [-0.1, -0.05) is 23.9 Å².